The molecule has 0 saturated carbocycles. The second-order valence-corrected chi connectivity index (χ2v) is 8.03. The maximum atomic E-state index is 11.2. The molecule has 0 radical (unpaired) electrons. The minimum Gasteiger partial charge on any atom is -0.384 e. The van der Waals surface area contributed by atoms with Crippen LogP contribution in [0.5, 0.6) is 0 Å². The largest absolute Gasteiger partial charge is 0.384 e. The first-order valence-corrected chi connectivity index (χ1v) is 9.55. The molecular formula is C18H23NO2S. The molecule has 0 aliphatic carbocycles. The molecule has 0 bridgehead atoms. The van der Waals surface area contributed by atoms with Gasteiger partial charge in [0.1, 0.15) is 9.84 Å². The Kier molecular flexibility index (Phi) is 5.61. The summed E-state index contributed by atoms with van der Waals surface area (Å²) in [6, 6.07) is 18.4. The van der Waals surface area contributed by atoms with Gasteiger partial charge in [0.2, 0.25) is 0 Å². The van der Waals surface area contributed by atoms with E-state index in [2.05, 4.69) is 36.5 Å². The van der Waals surface area contributed by atoms with E-state index < -0.39 is 9.84 Å². The average Bonchev–Trinajstić information content (AvgIpc) is 2.52. The molecule has 1 unspecified atom stereocenters. The van der Waals surface area contributed by atoms with Crippen molar-refractivity contribution in [2.24, 2.45) is 0 Å². The third-order valence-corrected chi connectivity index (χ3v) is 4.64. The molecule has 0 aliphatic heterocycles. The van der Waals surface area contributed by atoms with Crippen molar-refractivity contribution in [2.75, 3.05) is 23.9 Å². The predicted octanol–water partition coefficient (Wildman–Crippen LogP) is 3.49. The molecule has 118 valence electrons. The molecule has 2 aromatic rings. The monoisotopic (exact) mass is 317 g/mol. The lowest BCUT2D eigenvalue weighted by molar-refractivity contribution is 0.601. The molecule has 0 fully saturated rings. The van der Waals surface area contributed by atoms with Gasteiger partial charge in [0.15, 0.2) is 0 Å². The molecule has 1 N–H and O–H groups in total. The van der Waals surface area contributed by atoms with E-state index in [1.165, 1.54) is 11.8 Å². The minimum absolute atomic E-state index is 0.199. The van der Waals surface area contributed by atoms with Crippen LogP contribution in [0.2, 0.25) is 0 Å². The fraction of sp³-hybridized carbons (Fsp3) is 0.333. The summed E-state index contributed by atoms with van der Waals surface area (Å²) < 4.78 is 22.3. The average molecular weight is 317 g/mol. The minimum atomic E-state index is -2.90. The highest BCUT2D eigenvalue weighted by atomic mass is 32.2. The molecule has 0 spiro atoms. The van der Waals surface area contributed by atoms with Crippen LogP contribution >= 0.6 is 0 Å². The Morgan fingerprint density at radius 3 is 2.23 bits per heavy atom. The lowest BCUT2D eigenvalue weighted by Crippen LogP contribution is -2.10. The van der Waals surface area contributed by atoms with Crippen LogP contribution in [0.15, 0.2) is 54.6 Å². The standard InChI is InChI=1S/C18H23NO2S/c1-15(17-6-4-3-5-7-17)14-19-18-10-8-16(9-11-18)12-13-22(2,20)21/h3-11,15,19H,12-14H2,1-2H3. The number of anilines is 1. The van der Waals surface area contributed by atoms with Gasteiger partial charge in [-0.1, -0.05) is 49.4 Å². The van der Waals surface area contributed by atoms with Crippen molar-refractivity contribution in [1.29, 1.82) is 0 Å². The highest BCUT2D eigenvalue weighted by molar-refractivity contribution is 7.90. The summed E-state index contributed by atoms with van der Waals surface area (Å²) in [6.45, 7) is 3.06. The van der Waals surface area contributed by atoms with Gasteiger partial charge in [-0.25, -0.2) is 8.42 Å². The molecule has 0 aromatic heterocycles. The number of benzene rings is 2. The van der Waals surface area contributed by atoms with Crippen molar-refractivity contribution in [3.05, 3.63) is 65.7 Å². The van der Waals surface area contributed by atoms with Gasteiger partial charge in [-0.3, -0.25) is 0 Å². The van der Waals surface area contributed by atoms with Gasteiger partial charge in [0.05, 0.1) is 5.75 Å². The maximum absolute atomic E-state index is 11.2. The van der Waals surface area contributed by atoms with Crippen LogP contribution in [0.3, 0.4) is 0 Å². The third-order valence-electron chi connectivity index (χ3n) is 3.70. The molecule has 0 saturated heterocycles. The van der Waals surface area contributed by atoms with E-state index in [1.807, 2.05) is 30.3 Å². The summed E-state index contributed by atoms with van der Waals surface area (Å²) in [4.78, 5) is 0. The normalized spacial score (nSPS) is 12.8. The first-order valence-electron chi connectivity index (χ1n) is 7.49. The molecule has 2 aromatic carbocycles. The first kappa shape index (κ1) is 16.6. The van der Waals surface area contributed by atoms with Crippen LogP contribution in [-0.2, 0) is 16.3 Å². The molecular weight excluding hydrogens is 294 g/mol. The zero-order valence-electron chi connectivity index (χ0n) is 13.1. The molecule has 0 heterocycles. The molecule has 0 amide bonds. The second-order valence-electron chi connectivity index (χ2n) is 5.77. The smallest absolute Gasteiger partial charge is 0.147 e. The van der Waals surface area contributed by atoms with Crippen LogP contribution in [0.4, 0.5) is 5.69 Å². The van der Waals surface area contributed by atoms with Gasteiger partial charge in [0, 0.05) is 18.5 Å². The van der Waals surface area contributed by atoms with Crippen LogP contribution in [0.1, 0.15) is 24.0 Å². The Balaban J connectivity index is 1.86. The number of hydrogen-bond donors (Lipinski definition) is 1. The summed E-state index contributed by atoms with van der Waals surface area (Å²) in [6.07, 6.45) is 1.84. The number of sulfone groups is 1. The zero-order valence-corrected chi connectivity index (χ0v) is 13.9. The van der Waals surface area contributed by atoms with Crippen molar-refractivity contribution < 1.29 is 8.42 Å². The van der Waals surface area contributed by atoms with Crippen molar-refractivity contribution >= 4 is 15.5 Å². The molecule has 3 nitrogen and oxygen atoms in total. The Bertz CT molecular complexity index is 679. The molecule has 22 heavy (non-hydrogen) atoms. The lowest BCUT2D eigenvalue weighted by Gasteiger charge is -2.14. The molecule has 2 rings (SSSR count). The van der Waals surface area contributed by atoms with Crippen LogP contribution in [0.25, 0.3) is 0 Å². The van der Waals surface area contributed by atoms with Crippen LogP contribution in [0, 0.1) is 0 Å². The zero-order chi connectivity index (χ0) is 16.0. The van der Waals surface area contributed by atoms with Crippen molar-refractivity contribution in [1.82, 2.24) is 0 Å². The van der Waals surface area contributed by atoms with Gasteiger partial charge in [-0.15, -0.1) is 0 Å². The van der Waals surface area contributed by atoms with E-state index in [1.54, 1.807) is 0 Å². The highest BCUT2D eigenvalue weighted by Gasteiger charge is 2.05. The number of aryl methyl sites for hydroxylation is 1. The van der Waals surface area contributed by atoms with Gasteiger partial charge in [-0.05, 0) is 35.6 Å². The van der Waals surface area contributed by atoms with Gasteiger partial charge in [0.25, 0.3) is 0 Å². The Morgan fingerprint density at radius 2 is 1.64 bits per heavy atom. The molecule has 0 aliphatic rings. The maximum Gasteiger partial charge on any atom is 0.147 e. The van der Waals surface area contributed by atoms with E-state index in [0.717, 1.165) is 17.8 Å². The van der Waals surface area contributed by atoms with Crippen LogP contribution < -0.4 is 5.32 Å². The number of nitrogens with one attached hydrogen (secondary N) is 1. The van der Waals surface area contributed by atoms with Gasteiger partial charge < -0.3 is 5.32 Å². The number of rotatable bonds is 7. The fourth-order valence-electron chi connectivity index (χ4n) is 2.26. The summed E-state index contributed by atoms with van der Waals surface area (Å²) in [5, 5.41) is 3.42. The summed E-state index contributed by atoms with van der Waals surface area (Å²) in [5.41, 5.74) is 3.43. The van der Waals surface area contributed by atoms with E-state index in [9.17, 15) is 8.42 Å². The second kappa shape index (κ2) is 7.45. The lowest BCUT2D eigenvalue weighted by atomic mass is 10.0. The SMILES string of the molecule is CC(CNc1ccc(CCS(C)(=O)=O)cc1)c1ccccc1. The Morgan fingerprint density at radius 1 is 1.00 bits per heavy atom. The van der Waals surface area contributed by atoms with E-state index in [4.69, 9.17) is 0 Å². The summed E-state index contributed by atoms with van der Waals surface area (Å²) in [5.74, 6) is 0.635. The number of hydrogen-bond acceptors (Lipinski definition) is 3. The molecule has 1 atom stereocenters. The van der Waals surface area contributed by atoms with Gasteiger partial charge >= 0.3 is 0 Å². The van der Waals surface area contributed by atoms with Crippen molar-refractivity contribution in [2.45, 2.75) is 19.3 Å². The fourth-order valence-corrected chi connectivity index (χ4v) is 2.87. The summed E-state index contributed by atoms with van der Waals surface area (Å²) in [7, 11) is -2.90. The van der Waals surface area contributed by atoms with Crippen molar-refractivity contribution in [3.8, 4) is 0 Å². The predicted molar refractivity (Wildman–Crippen MR) is 93.2 cm³/mol. The Labute approximate surface area is 133 Å². The first-order chi connectivity index (χ1) is 10.4. The van der Waals surface area contributed by atoms with E-state index in [-0.39, 0.29) is 5.75 Å². The third kappa shape index (κ3) is 5.53. The van der Waals surface area contributed by atoms with Crippen molar-refractivity contribution in [3.63, 3.8) is 0 Å². The highest BCUT2D eigenvalue weighted by Crippen LogP contribution is 2.17. The quantitative estimate of drug-likeness (QED) is 0.850. The van der Waals surface area contributed by atoms with E-state index in [0.29, 0.717) is 12.3 Å². The van der Waals surface area contributed by atoms with Crippen LogP contribution in [-0.4, -0.2) is 27.0 Å². The Hall–Kier alpha value is -1.81. The van der Waals surface area contributed by atoms with Gasteiger partial charge in [-0.2, -0.15) is 0 Å². The molecule has 4 heteroatoms. The topological polar surface area (TPSA) is 46.2 Å². The van der Waals surface area contributed by atoms with E-state index >= 15 is 0 Å². The summed E-state index contributed by atoms with van der Waals surface area (Å²) >= 11 is 0.